The molecule has 0 spiro atoms. The zero-order chi connectivity index (χ0) is 7.40. The van der Waals surface area contributed by atoms with Gasteiger partial charge in [0.15, 0.2) is 0 Å². The van der Waals surface area contributed by atoms with Crippen LogP contribution in [0.3, 0.4) is 0 Å². The summed E-state index contributed by atoms with van der Waals surface area (Å²) in [7, 11) is 1.66. The number of hydrogen-bond acceptors (Lipinski definition) is 4. The third-order valence-electron chi connectivity index (χ3n) is 0.951. The second kappa shape index (κ2) is 3.53. The van der Waals surface area contributed by atoms with Gasteiger partial charge in [-0.1, -0.05) is 11.6 Å². The first-order chi connectivity index (χ1) is 4.83. The zero-order valence-electron chi connectivity index (χ0n) is 5.54. The maximum Gasteiger partial charge on any atom is 0.251 e. The highest BCUT2D eigenvalue weighted by molar-refractivity contribution is 6.29. The van der Waals surface area contributed by atoms with Gasteiger partial charge in [-0.2, -0.15) is 5.48 Å². The number of aliphatic imine (C=N–C) groups is 2. The summed E-state index contributed by atoms with van der Waals surface area (Å²) in [6.45, 7) is 0.481. The van der Waals surface area contributed by atoms with E-state index in [-0.39, 0.29) is 5.50 Å². The average molecular weight is 162 g/mol. The van der Waals surface area contributed by atoms with Crippen molar-refractivity contribution in [1.82, 2.24) is 5.48 Å². The van der Waals surface area contributed by atoms with Crippen LogP contribution >= 0.6 is 11.6 Å². The highest BCUT2D eigenvalue weighted by Crippen LogP contribution is 2.01. The molecule has 1 heterocycles. The molecule has 1 aliphatic heterocycles. The molecule has 0 fully saturated rings. The van der Waals surface area contributed by atoms with Crippen LogP contribution in [0, 0.1) is 0 Å². The Morgan fingerprint density at radius 3 is 3.20 bits per heavy atom. The quantitative estimate of drug-likeness (QED) is 0.339. The van der Waals surface area contributed by atoms with Gasteiger partial charge in [-0.25, -0.2) is 4.99 Å². The number of rotatable bonds is 1. The van der Waals surface area contributed by atoms with Crippen molar-refractivity contribution in [2.75, 3.05) is 13.6 Å². The van der Waals surface area contributed by atoms with Gasteiger partial charge in [0.05, 0.1) is 12.8 Å². The standard InChI is InChI=1S/C5H8ClN3O/c1-7-10-5-3-8-4(6)2-9-5/h3-4,7H,2H2,1H3. The number of alkyl halides is 1. The van der Waals surface area contributed by atoms with Crippen LogP contribution in [0.5, 0.6) is 0 Å². The summed E-state index contributed by atoms with van der Waals surface area (Å²) < 4.78 is 0. The van der Waals surface area contributed by atoms with Gasteiger partial charge in [0.1, 0.15) is 5.50 Å². The van der Waals surface area contributed by atoms with E-state index in [0.29, 0.717) is 12.4 Å². The van der Waals surface area contributed by atoms with Crippen molar-refractivity contribution in [2.45, 2.75) is 5.50 Å². The smallest absolute Gasteiger partial charge is 0.251 e. The Labute approximate surface area is 63.9 Å². The van der Waals surface area contributed by atoms with Crippen molar-refractivity contribution >= 4 is 23.7 Å². The SMILES string of the molecule is CNOC1=NCC(Cl)N=C1. The molecular weight excluding hydrogens is 154 g/mol. The molecule has 0 amide bonds. The van der Waals surface area contributed by atoms with Gasteiger partial charge in [0.2, 0.25) is 0 Å². The Morgan fingerprint density at radius 1 is 1.90 bits per heavy atom. The molecule has 0 saturated carbocycles. The molecule has 1 N–H and O–H groups in total. The van der Waals surface area contributed by atoms with E-state index in [1.807, 2.05) is 0 Å². The van der Waals surface area contributed by atoms with Crippen LogP contribution in [0.2, 0.25) is 0 Å². The summed E-state index contributed by atoms with van der Waals surface area (Å²) in [5.74, 6) is 0.472. The molecule has 0 aromatic carbocycles. The van der Waals surface area contributed by atoms with E-state index in [2.05, 4.69) is 15.5 Å². The molecule has 56 valence electrons. The minimum Gasteiger partial charge on any atom is -0.387 e. The molecule has 0 bridgehead atoms. The summed E-state index contributed by atoms with van der Waals surface area (Å²) in [6.07, 6.45) is 1.50. The van der Waals surface area contributed by atoms with Crippen molar-refractivity contribution in [3.63, 3.8) is 0 Å². The molecule has 0 saturated heterocycles. The number of nitrogens with zero attached hydrogens (tertiary/aromatic N) is 2. The molecule has 1 rings (SSSR count). The number of nitrogens with one attached hydrogen (secondary N) is 1. The van der Waals surface area contributed by atoms with Crippen molar-refractivity contribution in [2.24, 2.45) is 9.98 Å². The Hall–Kier alpha value is -0.610. The van der Waals surface area contributed by atoms with E-state index >= 15 is 0 Å². The van der Waals surface area contributed by atoms with Crippen LogP contribution < -0.4 is 5.48 Å². The Kier molecular flexibility index (Phi) is 2.65. The van der Waals surface area contributed by atoms with Crippen molar-refractivity contribution in [1.29, 1.82) is 0 Å². The minimum atomic E-state index is -0.232. The molecule has 1 atom stereocenters. The predicted octanol–water partition coefficient (Wildman–Crippen LogP) is 0.185. The van der Waals surface area contributed by atoms with Gasteiger partial charge in [0, 0.05) is 7.05 Å². The van der Waals surface area contributed by atoms with Crippen molar-refractivity contribution in [3.05, 3.63) is 0 Å². The monoisotopic (exact) mass is 161 g/mol. The lowest BCUT2D eigenvalue weighted by molar-refractivity contribution is 0.213. The average Bonchev–Trinajstić information content (AvgIpc) is 1.95. The van der Waals surface area contributed by atoms with Gasteiger partial charge < -0.3 is 4.84 Å². The fourth-order valence-electron chi connectivity index (χ4n) is 0.561. The van der Waals surface area contributed by atoms with Crippen LogP contribution in [0.4, 0.5) is 0 Å². The summed E-state index contributed by atoms with van der Waals surface area (Å²) in [5.41, 5.74) is 2.25. The van der Waals surface area contributed by atoms with Gasteiger partial charge >= 0.3 is 0 Å². The molecule has 5 heteroatoms. The van der Waals surface area contributed by atoms with E-state index in [4.69, 9.17) is 16.4 Å². The third kappa shape index (κ3) is 1.97. The van der Waals surface area contributed by atoms with E-state index in [1.165, 1.54) is 6.21 Å². The largest absolute Gasteiger partial charge is 0.387 e. The van der Waals surface area contributed by atoms with Gasteiger partial charge in [-0.05, 0) is 0 Å². The maximum absolute atomic E-state index is 5.60. The van der Waals surface area contributed by atoms with Crippen LogP contribution in [0.1, 0.15) is 0 Å². The topological polar surface area (TPSA) is 46.0 Å². The molecule has 0 aliphatic carbocycles. The molecular formula is C5H8ClN3O. The normalized spacial score (nSPS) is 24.2. The lowest BCUT2D eigenvalue weighted by Gasteiger charge is -2.08. The summed E-state index contributed by atoms with van der Waals surface area (Å²) in [4.78, 5) is 12.6. The molecule has 10 heavy (non-hydrogen) atoms. The molecule has 0 aromatic heterocycles. The summed E-state index contributed by atoms with van der Waals surface area (Å²) in [5, 5.41) is 0. The fourth-order valence-corrected chi connectivity index (χ4v) is 0.686. The molecule has 1 unspecified atom stereocenters. The number of halogens is 1. The number of hydroxylamine groups is 1. The highest BCUT2D eigenvalue weighted by Gasteiger charge is 2.06. The van der Waals surface area contributed by atoms with Crippen molar-refractivity contribution < 1.29 is 4.84 Å². The van der Waals surface area contributed by atoms with E-state index in [0.717, 1.165) is 0 Å². The van der Waals surface area contributed by atoms with Gasteiger partial charge in [0.25, 0.3) is 5.90 Å². The molecule has 0 aromatic rings. The highest BCUT2D eigenvalue weighted by atomic mass is 35.5. The van der Waals surface area contributed by atoms with Gasteiger partial charge in [-0.3, -0.25) is 4.99 Å². The first kappa shape index (κ1) is 7.50. The zero-order valence-corrected chi connectivity index (χ0v) is 6.30. The predicted molar refractivity (Wildman–Crippen MR) is 40.6 cm³/mol. The van der Waals surface area contributed by atoms with Crippen LogP contribution in [0.25, 0.3) is 0 Å². The second-order valence-electron chi connectivity index (χ2n) is 1.70. The molecule has 1 aliphatic rings. The summed E-state index contributed by atoms with van der Waals surface area (Å²) >= 11 is 5.60. The van der Waals surface area contributed by atoms with E-state index in [9.17, 15) is 0 Å². The van der Waals surface area contributed by atoms with Crippen LogP contribution in [0.15, 0.2) is 9.98 Å². The van der Waals surface area contributed by atoms with E-state index < -0.39 is 0 Å². The Bertz CT molecular complexity index is 168. The first-order valence-electron chi connectivity index (χ1n) is 2.88. The Morgan fingerprint density at radius 2 is 2.70 bits per heavy atom. The molecule has 4 nitrogen and oxygen atoms in total. The first-order valence-corrected chi connectivity index (χ1v) is 3.32. The maximum atomic E-state index is 5.60. The van der Waals surface area contributed by atoms with Crippen LogP contribution in [-0.2, 0) is 4.84 Å². The fraction of sp³-hybridized carbons (Fsp3) is 0.600. The second-order valence-corrected chi connectivity index (χ2v) is 2.20. The molecule has 0 radical (unpaired) electrons. The minimum absolute atomic E-state index is 0.232. The van der Waals surface area contributed by atoms with Crippen molar-refractivity contribution in [3.8, 4) is 0 Å². The summed E-state index contributed by atoms with van der Waals surface area (Å²) in [6, 6.07) is 0. The Balaban J connectivity index is 2.42. The number of hydrogen-bond donors (Lipinski definition) is 1. The van der Waals surface area contributed by atoms with Gasteiger partial charge in [-0.15, -0.1) is 0 Å². The van der Waals surface area contributed by atoms with Crippen LogP contribution in [-0.4, -0.2) is 31.2 Å². The van der Waals surface area contributed by atoms with E-state index in [1.54, 1.807) is 7.05 Å². The third-order valence-corrected chi connectivity index (χ3v) is 1.20. The lowest BCUT2D eigenvalue weighted by Crippen LogP contribution is -2.21. The lowest BCUT2D eigenvalue weighted by atomic mass is 10.5.